The lowest BCUT2D eigenvalue weighted by Gasteiger charge is -2.37. The fourth-order valence-corrected chi connectivity index (χ4v) is 3.99. The number of hydrogen-bond donors (Lipinski definition) is 0. The highest BCUT2D eigenvalue weighted by atomic mass is 35.5. The van der Waals surface area contributed by atoms with Crippen LogP contribution in [0.25, 0.3) is 0 Å². The molecule has 1 aromatic carbocycles. The van der Waals surface area contributed by atoms with Gasteiger partial charge < -0.3 is 14.2 Å². The highest BCUT2D eigenvalue weighted by molar-refractivity contribution is 5.85. The monoisotopic (exact) mass is 383 g/mol. The number of carbonyl (C=O) groups is 1. The number of likely N-dealkylation sites (tertiary alicyclic amines) is 1. The van der Waals surface area contributed by atoms with Gasteiger partial charge in [0.1, 0.15) is 5.78 Å². The summed E-state index contributed by atoms with van der Waals surface area (Å²) in [5.41, 5.74) is 1.18. The summed E-state index contributed by atoms with van der Waals surface area (Å²) >= 11 is 0. The summed E-state index contributed by atoms with van der Waals surface area (Å²) in [5, 5.41) is 0. The highest BCUT2D eigenvalue weighted by Gasteiger charge is 2.34. The average Bonchev–Trinajstić information content (AvgIpc) is 3.08. The minimum atomic E-state index is 0. The van der Waals surface area contributed by atoms with Gasteiger partial charge in [-0.05, 0) is 37.0 Å². The van der Waals surface area contributed by atoms with E-state index in [4.69, 9.17) is 14.2 Å². The second kappa shape index (κ2) is 10.1. The summed E-state index contributed by atoms with van der Waals surface area (Å²) in [6, 6.07) is 6.42. The van der Waals surface area contributed by atoms with Crippen LogP contribution in [0.1, 0.15) is 37.7 Å². The van der Waals surface area contributed by atoms with E-state index in [0.29, 0.717) is 31.4 Å². The van der Waals surface area contributed by atoms with Gasteiger partial charge in [-0.3, -0.25) is 9.69 Å². The zero-order valence-corrected chi connectivity index (χ0v) is 16.6. The maximum absolute atomic E-state index is 11.6. The highest BCUT2D eigenvalue weighted by Crippen LogP contribution is 2.29. The van der Waals surface area contributed by atoms with Crippen LogP contribution in [0.15, 0.2) is 18.2 Å². The van der Waals surface area contributed by atoms with Crippen molar-refractivity contribution in [3.8, 4) is 11.5 Å². The van der Waals surface area contributed by atoms with Crippen molar-refractivity contribution in [2.75, 3.05) is 33.9 Å². The summed E-state index contributed by atoms with van der Waals surface area (Å²) in [6.45, 7) is 2.21. The number of halogens is 1. The molecule has 5 nitrogen and oxygen atoms in total. The molecular formula is C20H30ClNO4. The van der Waals surface area contributed by atoms with Gasteiger partial charge in [-0.15, -0.1) is 12.4 Å². The van der Waals surface area contributed by atoms with Crippen molar-refractivity contribution in [1.82, 2.24) is 4.90 Å². The Hall–Kier alpha value is -1.30. The summed E-state index contributed by atoms with van der Waals surface area (Å²) in [7, 11) is 3.30. The molecule has 2 fully saturated rings. The molecule has 2 aliphatic rings. The summed E-state index contributed by atoms with van der Waals surface area (Å²) in [4.78, 5) is 13.9. The van der Waals surface area contributed by atoms with Gasteiger partial charge in [0.25, 0.3) is 0 Å². The summed E-state index contributed by atoms with van der Waals surface area (Å²) < 4.78 is 16.9. The van der Waals surface area contributed by atoms with Crippen molar-refractivity contribution < 1.29 is 19.0 Å². The molecule has 0 N–H and O–H groups in total. The van der Waals surface area contributed by atoms with Gasteiger partial charge in [-0.25, -0.2) is 0 Å². The van der Waals surface area contributed by atoms with Crippen molar-refractivity contribution in [3.63, 3.8) is 0 Å². The molecule has 6 heteroatoms. The molecule has 0 amide bonds. The first-order chi connectivity index (χ1) is 12.2. The minimum absolute atomic E-state index is 0. The topological polar surface area (TPSA) is 48.0 Å². The van der Waals surface area contributed by atoms with E-state index in [-0.39, 0.29) is 18.5 Å². The van der Waals surface area contributed by atoms with Gasteiger partial charge in [0, 0.05) is 19.0 Å². The normalized spacial score (nSPS) is 23.5. The zero-order valence-electron chi connectivity index (χ0n) is 15.7. The molecule has 1 aliphatic heterocycles. The van der Waals surface area contributed by atoms with Gasteiger partial charge in [0.15, 0.2) is 11.5 Å². The van der Waals surface area contributed by atoms with Gasteiger partial charge in [-0.2, -0.15) is 0 Å². The number of hydrogen-bond acceptors (Lipinski definition) is 5. The van der Waals surface area contributed by atoms with E-state index in [1.807, 2.05) is 12.1 Å². The van der Waals surface area contributed by atoms with Gasteiger partial charge in [-0.1, -0.05) is 18.9 Å². The first kappa shape index (κ1) is 21.0. The van der Waals surface area contributed by atoms with Crippen LogP contribution in [0.4, 0.5) is 0 Å². The molecule has 0 aromatic heterocycles. The fraction of sp³-hybridized carbons (Fsp3) is 0.650. The molecular weight excluding hydrogens is 354 g/mol. The number of ketones is 1. The molecule has 1 saturated heterocycles. The van der Waals surface area contributed by atoms with E-state index < -0.39 is 0 Å². The molecule has 146 valence electrons. The van der Waals surface area contributed by atoms with E-state index in [9.17, 15) is 4.79 Å². The minimum Gasteiger partial charge on any atom is -0.493 e. The van der Waals surface area contributed by atoms with Gasteiger partial charge >= 0.3 is 0 Å². The molecule has 1 aromatic rings. The second-order valence-electron chi connectivity index (χ2n) is 6.96. The Morgan fingerprint density at radius 1 is 1.12 bits per heavy atom. The number of Topliss-reactive ketones (excluding diaryl/α,β-unsaturated/α-hetero) is 1. The maximum atomic E-state index is 11.6. The second-order valence-corrected chi connectivity index (χ2v) is 6.96. The Morgan fingerprint density at radius 3 is 2.58 bits per heavy atom. The predicted molar refractivity (Wildman–Crippen MR) is 104 cm³/mol. The molecule has 3 rings (SSSR count). The predicted octanol–water partition coefficient (Wildman–Crippen LogP) is 3.27. The Morgan fingerprint density at radius 2 is 1.88 bits per heavy atom. The lowest BCUT2D eigenvalue weighted by molar-refractivity contribution is -0.117. The number of methoxy groups -OCH3 is 2. The van der Waals surface area contributed by atoms with Crippen LogP contribution in [0.5, 0.6) is 11.5 Å². The Labute approximate surface area is 162 Å². The van der Waals surface area contributed by atoms with Gasteiger partial charge in [0.05, 0.1) is 33.5 Å². The number of ether oxygens (including phenoxy) is 3. The molecule has 0 radical (unpaired) electrons. The Bertz CT molecular complexity index is 595. The lowest BCUT2D eigenvalue weighted by atomic mass is 9.91. The van der Waals surface area contributed by atoms with E-state index in [2.05, 4.69) is 11.0 Å². The number of carbonyl (C=O) groups excluding carboxylic acids is 1. The van der Waals surface area contributed by atoms with Crippen LogP contribution in [0.3, 0.4) is 0 Å². The number of rotatable bonds is 7. The van der Waals surface area contributed by atoms with Crippen LogP contribution in [0, 0.1) is 0 Å². The van der Waals surface area contributed by atoms with Crippen LogP contribution in [0.2, 0.25) is 0 Å². The lowest BCUT2D eigenvalue weighted by Crippen LogP contribution is -2.45. The van der Waals surface area contributed by atoms with Crippen molar-refractivity contribution >= 4 is 18.2 Å². The number of nitrogens with zero attached hydrogens (tertiary/aromatic N) is 1. The van der Waals surface area contributed by atoms with E-state index >= 15 is 0 Å². The summed E-state index contributed by atoms with van der Waals surface area (Å²) in [6.07, 6.45) is 6.51. The van der Waals surface area contributed by atoms with Crippen LogP contribution < -0.4 is 9.47 Å². The first-order valence-electron chi connectivity index (χ1n) is 9.29. The molecule has 0 spiro atoms. The Kier molecular flexibility index (Phi) is 8.19. The third-order valence-electron chi connectivity index (χ3n) is 5.36. The van der Waals surface area contributed by atoms with Crippen molar-refractivity contribution in [2.45, 2.75) is 50.7 Å². The van der Waals surface area contributed by atoms with Crippen molar-refractivity contribution in [2.24, 2.45) is 0 Å². The quantitative estimate of drug-likeness (QED) is 0.723. The van der Waals surface area contributed by atoms with Crippen molar-refractivity contribution in [1.29, 1.82) is 0 Å². The molecule has 1 heterocycles. The van der Waals surface area contributed by atoms with E-state index in [1.54, 1.807) is 14.2 Å². The summed E-state index contributed by atoms with van der Waals surface area (Å²) in [5.74, 6) is 1.87. The Balaban J connectivity index is 0.00000243. The SMILES string of the molecule is COc1ccc(CCO[C@@H]2CCCC[C@H]2N2CCC(=O)C2)cc1OC.Cl. The molecule has 1 aliphatic carbocycles. The number of benzene rings is 1. The smallest absolute Gasteiger partial charge is 0.160 e. The first-order valence-corrected chi connectivity index (χ1v) is 9.29. The maximum Gasteiger partial charge on any atom is 0.160 e. The van der Waals surface area contributed by atoms with Crippen LogP contribution in [-0.2, 0) is 16.0 Å². The van der Waals surface area contributed by atoms with Gasteiger partial charge in [0.2, 0.25) is 0 Å². The molecule has 0 unspecified atom stereocenters. The zero-order chi connectivity index (χ0) is 17.6. The molecule has 0 bridgehead atoms. The molecule has 2 atom stereocenters. The van der Waals surface area contributed by atoms with Crippen LogP contribution >= 0.6 is 12.4 Å². The van der Waals surface area contributed by atoms with E-state index in [1.165, 1.54) is 18.4 Å². The fourth-order valence-electron chi connectivity index (χ4n) is 3.99. The average molecular weight is 384 g/mol. The standard InChI is InChI=1S/C20H29NO4.ClH/c1-23-19-8-7-15(13-20(19)24-2)10-12-25-18-6-4-3-5-17(18)21-11-9-16(22)14-21;/h7-8,13,17-18H,3-6,9-12,14H2,1-2H3;1H/t17-,18-;/m1./s1. The van der Waals surface area contributed by atoms with E-state index in [0.717, 1.165) is 37.3 Å². The molecule has 26 heavy (non-hydrogen) atoms. The van der Waals surface area contributed by atoms with Crippen LogP contribution in [-0.4, -0.2) is 56.7 Å². The largest absolute Gasteiger partial charge is 0.493 e. The third-order valence-corrected chi connectivity index (χ3v) is 5.36. The molecule has 1 saturated carbocycles. The third kappa shape index (κ3) is 5.12. The van der Waals surface area contributed by atoms with Crippen molar-refractivity contribution in [3.05, 3.63) is 23.8 Å².